The smallest absolute Gasteiger partial charge is 0.175 e. The van der Waals surface area contributed by atoms with Crippen LogP contribution >= 0.6 is 0 Å². The Morgan fingerprint density at radius 3 is 1.82 bits per heavy atom. The summed E-state index contributed by atoms with van der Waals surface area (Å²) < 4.78 is 47.1. The summed E-state index contributed by atoms with van der Waals surface area (Å²) in [6, 6.07) is 6.01. The van der Waals surface area contributed by atoms with Gasteiger partial charge in [-0.3, -0.25) is 0 Å². The number of carbonyl (C=O) groups is 1. The van der Waals surface area contributed by atoms with Crippen LogP contribution in [-0.2, 0) is 20.4 Å². The van der Waals surface area contributed by atoms with E-state index in [1.807, 2.05) is 0 Å². The first kappa shape index (κ1) is 32.8. The summed E-state index contributed by atoms with van der Waals surface area (Å²) in [6.45, 7) is -1.62. The van der Waals surface area contributed by atoms with Gasteiger partial charge in [0.05, 0.1) is 65.1 Å². The number of carbonyl (C=O) groups excluding carboxylic acids is 1. The number of nitrogens with zero attached hydrogens (tertiary/aromatic N) is 1. The molecule has 2 aromatic rings. The standard InChI is InChI=1S/C27H37NO11S/c1-36-20-16-24(38-3)21(25(17-20)39-4)7-14-40(34,35)18-19-5-6-23(37-2)22(15-19)26(27(32)33)28(8-11-29,9-12-30)10-13-31/h5-7,14-17,26,29-31H,8-13,18H2,1-4H3/b14-7+. The number of ether oxygens (including phenoxy) is 4. The number of rotatable bonds is 17. The van der Waals surface area contributed by atoms with Gasteiger partial charge in [0.15, 0.2) is 15.9 Å². The maximum Gasteiger partial charge on any atom is 0.175 e. The number of aliphatic hydroxyl groups excluding tert-OH is 3. The van der Waals surface area contributed by atoms with Gasteiger partial charge in [-0.2, -0.15) is 0 Å². The second-order valence-electron chi connectivity index (χ2n) is 8.91. The molecule has 2 rings (SSSR count). The molecule has 12 nitrogen and oxygen atoms in total. The van der Waals surface area contributed by atoms with Crippen molar-refractivity contribution in [3.05, 3.63) is 52.4 Å². The number of aliphatic carboxylic acids is 1. The van der Waals surface area contributed by atoms with Gasteiger partial charge < -0.3 is 48.7 Å². The molecule has 0 aromatic heterocycles. The summed E-state index contributed by atoms with van der Waals surface area (Å²) in [4.78, 5) is 12.5. The number of hydrogen-bond acceptors (Lipinski definition) is 11. The lowest BCUT2D eigenvalue weighted by Crippen LogP contribution is -2.60. The van der Waals surface area contributed by atoms with Crippen molar-refractivity contribution in [2.75, 3.05) is 67.9 Å². The van der Waals surface area contributed by atoms with Crippen molar-refractivity contribution >= 4 is 21.9 Å². The maximum atomic E-state index is 13.1. The number of quaternary nitrogens is 1. The Bertz CT molecular complexity index is 1240. The molecule has 0 saturated carbocycles. The molecule has 0 aliphatic rings. The van der Waals surface area contributed by atoms with Gasteiger partial charge in [-0.25, -0.2) is 8.42 Å². The number of sulfone groups is 1. The molecule has 40 heavy (non-hydrogen) atoms. The van der Waals surface area contributed by atoms with Crippen molar-refractivity contribution in [2.45, 2.75) is 11.8 Å². The minimum Gasteiger partial charge on any atom is -0.544 e. The van der Waals surface area contributed by atoms with Crippen LogP contribution in [-0.4, -0.2) is 102 Å². The fourth-order valence-corrected chi connectivity index (χ4v) is 5.79. The minimum absolute atomic E-state index is 0.0908. The highest BCUT2D eigenvalue weighted by Crippen LogP contribution is 2.37. The monoisotopic (exact) mass is 583 g/mol. The summed E-state index contributed by atoms with van der Waals surface area (Å²) in [7, 11) is 1.76. The van der Waals surface area contributed by atoms with Crippen molar-refractivity contribution in [2.24, 2.45) is 0 Å². The van der Waals surface area contributed by atoms with Crippen molar-refractivity contribution in [1.82, 2.24) is 0 Å². The maximum absolute atomic E-state index is 13.1. The molecule has 0 fully saturated rings. The first-order valence-electron chi connectivity index (χ1n) is 12.3. The first-order valence-corrected chi connectivity index (χ1v) is 14.0. The lowest BCUT2D eigenvalue weighted by Gasteiger charge is -2.44. The Balaban J connectivity index is 2.56. The van der Waals surface area contributed by atoms with E-state index in [0.717, 1.165) is 5.41 Å². The molecule has 2 aromatic carbocycles. The number of hydrogen-bond donors (Lipinski definition) is 3. The lowest BCUT2D eigenvalue weighted by molar-refractivity contribution is -0.951. The summed E-state index contributed by atoms with van der Waals surface area (Å²) in [5.41, 5.74) is 0.726. The molecule has 0 aliphatic carbocycles. The Morgan fingerprint density at radius 1 is 0.875 bits per heavy atom. The molecule has 0 bridgehead atoms. The van der Waals surface area contributed by atoms with Crippen LogP contribution in [0.4, 0.5) is 0 Å². The Labute approximate surface area is 234 Å². The van der Waals surface area contributed by atoms with Gasteiger partial charge in [-0.1, -0.05) is 6.07 Å². The number of aliphatic hydroxyl groups is 3. The molecule has 13 heteroatoms. The second kappa shape index (κ2) is 14.9. The van der Waals surface area contributed by atoms with Crippen LogP contribution < -0.4 is 24.1 Å². The van der Waals surface area contributed by atoms with E-state index in [0.29, 0.717) is 22.8 Å². The predicted molar refractivity (Wildman–Crippen MR) is 145 cm³/mol. The third-order valence-corrected chi connectivity index (χ3v) is 7.85. The van der Waals surface area contributed by atoms with Crippen molar-refractivity contribution in [3.63, 3.8) is 0 Å². The van der Waals surface area contributed by atoms with Crippen LogP contribution in [0.1, 0.15) is 22.7 Å². The molecule has 0 amide bonds. The number of methoxy groups -OCH3 is 4. The van der Waals surface area contributed by atoms with Gasteiger partial charge >= 0.3 is 0 Å². The molecule has 222 valence electrons. The van der Waals surface area contributed by atoms with Crippen molar-refractivity contribution in [1.29, 1.82) is 0 Å². The van der Waals surface area contributed by atoms with Gasteiger partial charge in [0.25, 0.3) is 0 Å². The normalized spacial score (nSPS) is 12.8. The lowest BCUT2D eigenvalue weighted by atomic mass is 9.98. The van der Waals surface area contributed by atoms with Crippen LogP contribution in [0.15, 0.2) is 35.7 Å². The van der Waals surface area contributed by atoms with E-state index < -0.39 is 51.9 Å². The molecule has 0 radical (unpaired) electrons. The average molecular weight is 584 g/mol. The highest BCUT2D eigenvalue weighted by molar-refractivity contribution is 7.93. The van der Waals surface area contributed by atoms with Crippen molar-refractivity contribution < 1.29 is 57.1 Å². The number of carboxylic acids is 1. The van der Waals surface area contributed by atoms with Crippen LogP contribution in [0, 0.1) is 0 Å². The third-order valence-electron chi connectivity index (χ3n) is 6.56. The highest BCUT2D eigenvalue weighted by atomic mass is 32.2. The highest BCUT2D eigenvalue weighted by Gasteiger charge is 2.40. The van der Waals surface area contributed by atoms with Gasteiger partial charge in [-0.05, 0) is 23.8 Å². The van der Waals surface area contributed by atoms with Crippen molar-refractivity contribution in [3.8, 4) is 23.0 Å². The van der Waals surface area contributed by atoms with Crippen LogP contribution in [0.2, 0.25) is 0 Å². The van der Waals surface area contributed by atoms with Gasteiger partial charge in [0, 0.05) is 17.5 Å². The summed E-state index contributed by atoms with van der Waals surface area (Å²) in [5.74, 6) is -0.753. The van der Waals surface area contributed by atoms with Crippen LogP contribution in [0.25, 0.3) is 6.08 Å². The molecule has 1 atom stereocenters. The van der Waals surface area contributed by atoms with E-state index in [9.17, 15) is 33.6 Å². The van der Waals surface area contributed by atoms with E-state index in [-0.39, 0.29) is 36.5 Å². The number of benzene rings is 2. The average Bonchev–Trinajstić information content (AvgIpc) is 2.91. The van der Waals surface area contributed by atoms with E-state index in [2.05, 4.69) is 0 Å². The molecule has 0 saturated heterocycles. The fourth-order valence-electron chi connectivity index (χ4n) is 4.70. The Morgan fingerprint density at radius 2 is 1.40 bits per heavy atom. The quantitative estimate of drug-likeness (QED) is 0.212. The molecule has 0 spiro atoms. The fraction of sp³-hybridized carbons (Fsp3) is 0.444. The summed E-state index contributed by atoms with van der Waals surface area (Å²) >= 11 is 0. The van der Waals surface area contributed by atoms with E-state index in [1.54, 1.807) is 12.1 Å². The van der Waals surface area contributed by atoms with Crippen LogP contribution in [0.5, 0.6) is 23.0 Å². The zero-order chi connectivity index (χ0) is 29.9. The van der Waals surface area contributed by atoms with Crippen LogP contribution in [0.3, 0.4) is 0 Å². The Hall–Kier alpha value is -3.36. The summed E-state index contributed by atoms with van der Waals surface area (Å²) in [5, 5.41) is 42.5. The van der Waals surface area contributed by atoms with E-state index >= 15 is 0 Å². The SMILES string of the molecule is COc1cc(OC)c(/C=C/S(=O)(=O)Cc2ccc(OC)c(C(C(=O)[O-])[N+](CCO)(CCO)CCO)c2)c(OC)c1. The second-order valence-corrected chi connectivity index (χ2v) is 10.8. The first-order chi connectivity index (χ1) is 19.0. The zero-order valence-electron chi connectivity index (χ0n) is 23.0. The van der Waals surface area contributed by atoms with Gasteiger partial charge in [0.1, 0.15) is 48.6 Å². The predicted octanol–water partition coefficient (Wildman–Crippen LogP) is -0.109. The summed E-state index contributed by atoms with van der Waals surface area (Å²) in [6.07, 6.45) is 1.34. The molecular weight excluding hydrogens is 546 g/mol. The van der Waals surface area contributed by atoms with Gasteiger partial charge in [-0.15, -0.1) is 0 Å². The Kier molecular flexibility index (Phi) is 12.2. The molecular formula is C27H37NO11S. The topological polar surface area (TPSA) is 172 Å². The van der Waals surface area contributed by atoms with E-state index in [1.165, 1.54) is 52.7 Å². The minimum atomic E-state index is -3.90. The van der Waals surface area contributed by atoms with Gasteiger partial charge in [0.2, 0.25) is 0 Å². The molecule has 1 unspecified atom stereocenters. The molecule has 3 N–H and O–H groups in total. The zero-order valence-corrected chi connectivity index (χ0v) is 23.8. The largest absolute Gasteiger partial charge is 0.544 e. The third kappa shape index (κ3) is 7.86. The molecule has 0 heterocycles. The molecule has 0 aliphatic heterocycles. The number of carboxylic acid groups (broad SMARTS) is 1. The van der Waals surface area contributed by atoms with E-state index in [4.69, 9.17) is 18.9 Å².